The molecule has 4 aromatic rings. The third-order valence-electron chi connectivity index (χ3n) is 7.00. The van der Waals surface area contributed by atoms with Crippen molar-refractivity contribution in [2.45, 2.75) is 45.9 Å². The van der Waals surface area contributed by atoms with E-state index in [1.54, 1.807) is 24.3 Å². The number of hydrogen-bond acceptors (Lipinski definition) is 4. The van der Waals surface area contributed by atoms with Gasteiger partial charge in [0.05, 0.1) is 6.04 Å². The van der Waals surface area contributed by atoms with Crippen LogP contribution in [0.1, 0.15) is 64.9 Å². The normalized spacial score (nSPS) is 14.6. The highest BCUT2D eigenvalue weighted by molar-refractivity contribution is 5.91. The van der Waals surface area contributed by atoms with Gasteiger partial charge in [-0.2, -0.15) is 0 Å². The van der Waals surface area contributed by atoms with Crippen molar-refractivity contribution >= 4 is 11.8 Å². The van der Waals surface area contributed by atoms with Gasteiger partial charge in [-0.3, -0.25) is 9.59 Å². The molecule has 0 saturated heterocycles. The molecule has 0 radical (unpaired) electrons. The number of hydrogen-bond donors (Lipinski definition) is 1. The molecule has 1 aliphatic heterocycles. The van der Waals surface area contributed by atoms with Gasteiger partial charge in [0.25, 0.3) is 5.91 Å². The molecule has 6 nitrogen and oxygen atoms in total. The van der Waals surface area contributed by atoms with E-state index in [0.717, 1.165) is 28.7 Å². The number of halogens is 1. The predicted octanol–water partition coefficient (Wildman–Crippen LogP) is 6.45. The molecule has 1 aliphatic rings. The van der Waals surface area contributed by atoms with Crippen molar-refractivity contribution in [2.75, 3.05) is 6.54 Å². The highest BCUT2D eigenvalue weighted by Crippen LogP contribution is 2.38. The van der Waals surface area contributed by atoms with Crippen LogP contribution in [0.2, 0.25) is 0 Å². The summed E-state index contributed by atoms with van der Waals surface area (Å²) in [7, 11) is 0. The van der Waals surface area contributed by atoms with E-state index in [-0.39, 0.29) is 42.0 Å². The van der Waals surface area contributed by atoms with E-state index in [1.165, 1.54) is 12.1 Å². The second kappa shape index (κ2) is 12.2. The molecule has 7 heteroatoms. The second-order valence-electron chi connectivity index (χ2n) is 10.5. The summed E-state index contributed by atoms with van der Waals surface area (Å²) in [5.74, 6) is 1.06. The summed E-state index contributed by atoms with van der Waals surface area (Å²) in [5, 5.41) is 2.86. The zero-order valence-corrected chi connectivity index (χ0v) is 22.7. The van der Waals surface area contributed by atoms with Gasteiger partial charge in [-0.25, -0.2) is 4.39 Å². The fourth-order valence-electron chi connectivity index (χ4n) is 5.02. The van der Waals surface area contributed by atoms with Gasteiger partial charge >= 0.3 is 0 Å². The van der Waals surface area contributed by atoms with Crippen LogP contribution >= 0.6 is 0 Å². The first-order chi connectivity index (χ1) is 19.4. The Labute approximate surface area is 233 Å². The van der Waals surface area contributed by atoms with Gasteiger partial charge in [0.2, 0.25) is 5.91 Å². The lowest BCUT2D eigenvalue weighted by Gasteiger charge is -2.38. The average Bonchev–Trinajstić information content (AvgIpc) is 3.44. The number of benzene rings is 3. The summed E-state index contributed by atoms with van der Waals surface area (Å²) in [4.78, 5) is 27.6. The van der Waals surface area contributed by atoms with Gasteiger partial charge in [-0.1, -0.05) is 62.4 Å². The number of rotatable bonds is 9. The molecule has 206 valence electrons. The molecule has 0 bridgehead atoms. The maximum atomic E-state index is 13.7. The Morgan fingerprint density at radius 2 is 1.80 bits per heavy atom. The smallest absolute Gasteiger partial charge is 0.287 e. The molecule has 3 aromatic carbocycles. The van der Waals surface area contributed by atoms with Crippen molar-refractivity contribution in [1.29, 1.82) is 0 Å². The van der Waals surface area contributed by atoms with E-state index >= 15 is 0 Å². The standard InChI is InChI=1S/C33H33FN2O4/c1-22(2)18-31(37)36-17-16-24-10-13-27(19-29(24)32(36)25-8-11-26(34)12-9-25)39-21-28-14-15-30(40-28)33(38)35-20-23-6-4-3-5-7-23/h3-15,19,22,32H,16-18,20-21H2,1-2H3,(H,35,38)/t32-/m1/s1. The third-order valence-corrected chi connectivity index (χ3v) is 7.00. The molecule has 0 fully saturated rings. The van der Waals surface area contributed by atoms with Gasteiger partial charge in [0.1, 0.15) is 23.9 Å². The van der Waals surface area contributed by atoms with Gasteiger partial charge in [-0.15, -0.1) is 0 Å². The molecule has 0 spiro atoms. The predicted molar refractivity (Wildman–Crippen MR) is 150 cm³/mol. The van der Waals surface area contributed by atoms with E-state index in [4.69, 9.17) is 9.15 Å². The summed E-state index contributed by atoms with van der Waals surface area (Å²) in [6.07, 6.45) is 1.18. The van der Waals surface area contributed by atoms with E-state index in [1.807, 2.05) is 67.3 Å². The molecule has 2 amide bonds. The van der Waals surface area contributed by atoms with Crippen molar-refractivity contribution in [3.8, 4) is 5.75 Å². The first-order valence-electron chi connectivity index (χ1n) is 13.6. The van der Waals surface area contributed by atoms with E-state index in [9.17, 15) is 14.0 Å². The minimum absolute atomic E-state index is 0.0787. The quantitative estimate of drug-likeness (QED) is 0.265. The fourth-order valence-corrected chi connectivity index (χ4v) is 5.02. The molecular weight excluding hydrogens is 507 g/mol. The third kappa shape index (κ3) is 6.42. The minimum atomic E-state index is -0.331. The Morgan fingerprint density at radius 3 is 2.55 bits per heavy atom. The first kappa shape index (κ1) is 27.2. The lowest BCUT2D eigenvalue weighted by Crippen LogP contribution is -2.41. The summed E-state index contributed by atoms with van der Waals surface area (Å²) >= 11 is 0. The number of fused-ring (bicyclic) bond motifs is 1. The van der Waals surface area contributed by atoms with Crippen molar-refractivity contribution < 1.29 is 23.1 Å². The lowest BCUT2D eigenvalue weighted by molar-refractivity contribution is -0.134. The summed E-state index contributed by atoms with van der Waals surface area (Å²) in [6.45, 7) is 5.21. The SMILES string of the molecule is CC(C)CC(=O)N1CCc2ccc(OCc3ccc(C(=O)NCc4ccccc4)o3)cc2[C@H]1c1ccc(F)cc1. The summed E-state index contributed by atoms with van der Waals surface area (Å²) in [6, 6.07) is 24.9. The van der Waals surface area contributed by atoms with Crippen LogP contribution < -0.4 is 10.1 Å². The topological polar surface area (TPSA) is 71.8 Å². The second-order valence-corrected chi connectivity index (χ2v) is 10.5. The number of carbonyl (C=O) groups is 2. The van der Waals surface area contributed by atoms with Crippen LogP contribution in [-0.4, -0.2) is 23.3 Å². The fraction of sp³-hybridized carbons (Fsp3) is 0.273. The van der Waals surface area contributed by atoms with Crippen LogP contribution in [0.15, 0.2) is 89.3 Å². The van der Waals surface area contributed by atoms with Crippen molar-refractivity contribution in [1.82, 2.24) is 10.2 Å². The Balaban J connectivity index is 1.30. The number of nitrogens with one attached hydrogen (secondary N) is 1. The van der Waals surface area contributed by atoms with E-state index in [0.29, 0.717) is 31.0 Å². The van der Waals surface area contributed by atoms with Crippen LogP contribution in [0.3, 0.4) is 0 Å². The molecule has 2 heterocycles. The van der Waals surface area contributed by atoms with Crippen LogP contribution in [0.5, 0.6) is 5.75 Å². The van der Waals surface area contributed by atoms with Gasteiger partial charge < -0.3 is 19.4 Å². The molecule has 0 unspecified atom stereocenters. The number of carbonyl (C=O) groups excluding carboxylic acids is 2. The summed E-state index contributed by atoms with van der Waals surface area (Å²) in [5.41, 5.74) is 3.95. The van der Waals surface area contributed by atoms with Crippen LogP contribution in [0, 0.1) is 11.7 Å². The molecule has 1 aromatic heterocycles. The van der Waals surface area contributed by atoms with Gasteiger partial charge in [-0.05, 0) is 71.0 Å². The lowest BCUT2D eigenvalue weighted by atomic mass is 9.87. The largest absolute Gasteiger partial charge is 0.486 e. The average molecular weight is 541 g/mol. The van der Waals surface area contributed by atoms with Crippen LogP contribution in [-0.2, 0) is 24.4 Å². The van der Waals surface area contributed by atoms with Crippen LogP contribution in [0.4, 0.5) is 4.39 Å². The molecule has 5 rings (SSSR count). The number of nitrogens with zero attached hydrogens (tertiary/aromatic N) is 1. The molecule has 0 saturated carbocycles. The van der Waals surface area contributed by atoms with Crippen molar-refractivity contribution in [3.05, 3.63) is 125 Å². The molecule has 1 N–H and O–H groups in total. The van der Waals surface area contributed by atoms with Gasteiger partial charge in [0.15, 0.2) is 5.76 Å². The molecule has 40 heavy (non-hydrogen) atoms. The Morgan fingerprint density at radius 1 is 1.02 bits per heavy atom. The number of furan rings is 1. The summed E-state index contributed by atoms with van der Waals surface area (Å²) < 4.78 is 25.5. The Hall–Kier alpha value is -4.39. The van der Waals surface area contributed by atoms with Gasteiger partial charge in [0, 0.05) is 19.5 Å². The molecule has 1 atom stereocenters. The van der Waals surface area contributed by atoms with E-state index < -0.39 is 0 Å². The van der Waals surface area contributed by atoms with Crippen LogP contribution in [0.25, 0.3) is 0 Å². The Kier molecular flexibility index (Phi) is 8.29. The monoisotopic (exact) mass is 540 g/mol. The van der Waals surface area contributed by atoms with Crippen molar-refractivity contribution in [2.24, 2.45) is 5.92 Å². The maximum absolute atomic E-state index is 13.7. The van der Waals surface area contributed by atoms with Crippen molar-refractivity contribution in [3.63, 3.8) is 0 Å². The molecular formula is C33H33FN2O4. The highest BCUT2D eigenvalue weighted by atomic mass is 19.1. The number of amides is 2. The first-order valence-corrected chi connectivity index (χ1v) is 13.6. The minimum Gasteiger partial charge on any atom is -0.486 e. The molecule has 0 aliphatic carbocycles. The Bertz CT molecular complexity index is 1460. The zero-order valence-electron chi connectivity index (χ0n) is 22.7. The highest BCUT2D eigenvalue weighted by Gasteiger charge is 2.32. The maximum Gasteiger partial charge on any atom is 0.287 e. The zero-order chi connectivity index (χ0) is 28.1. The van der Waals surface area contributed by atoms with E-state index in [2.05, 4.69) is 5.32 Å². The number of ether oxygens (including phenoxy) is 1.